The molecule has 2 aromatic carbocycles. The van der Waals surface area contributed by atoms with Crippen LogP contribution in [-0.4, -0.2) is 51.1 Å². The fraction of sp³-hybridized carbons (Fsp3) is 0.200. The van der Waals surface area contributed by atoms with Gasteiger partial charge in [-0.1, -0.05) is 23.8 Å². The number of nitrogens with zero attached hydrogens (tertiary/aromatic N) is 6. The Labute approximate surface area is 216 Å². The maximum absolute atomic E-state index is 15.3. The number of halogens is 2. The second kappa shape index (κ2) is 8.93. The third kappa shape index (κ3) is 4.49. The van der Waals surface area contributed by atoms with Crippen molar-refractivity contribution in [2.45, 2.75) is 19.4 Å². The van der Waals surface area contributed by atoms with E-state index in [4.69, 9.17) is 21.2 Å². The van der Waals surface area contributed by atoms with Gasteiger partial charge in [0, 0.05) is 11.1 Å². The van der Waals surface area contributed by atoms with E-state index in [0.29, 0.717) is 41.7 Å². The van der Waals surface area contributed by atoms with Gasteiger partial charge in [-0.3, -0.25) is 0 Å². The van der Waals surface area contributed by atoms with Crippen molar-refractivity contribution in [3.8, 4) is 5.75 Å². The fourth-order valence-corrected chi connectivity index (χ4v) is 4.16. The van der Waals surface area contributed by atoms with Gasteiger partial charge in [-0.2, -0.15) is 5.10 Å². The summed E-state index contributed by atoms with van der Waals surface area (Å²) in [6.07, 6.45) is 8.61. The van der Waals surface area contributed by atoms with E-state index in [0.717, 1.165) is 5.69 Å². The van der Waals surface area contributed by atoms with Crippen molar-refractivity contribution in [2.24, 2.45) is 10.1 Å². The number of aromatic nitrogens is 2. The van der Waals surface area contributed by atoms with Crippen molar-refractivity contribution in [2.75, 3.05) is 23.8 Å². The zero-order valence-electron chi connectivity index (χ0n) is 19.9. The molecule has 0 radical (unpaired) electrons. The lowest BCUT2D eigenvalue weighted by Crippen LogP contribution is -2.28. The van der Waals surface area contributed by atoms with Crippen LogP contribution in [-0.2, 0) is 4.74 Å². The molecule has 0 aliphatic carbocycles. The molecule has 0 fully saturated rings. The number of nitrogens with one attached hydrogen (secondary N) is 2. The molecule has 0 saturated carbocycles. The summed E-state index contributed by atoms with van der Waals surface area (Å²) >= 11 is 6.35. The van der Waals surface area contributed by atoms with Crippen molar-refractivity contribution >= 4 is 52.1 Å². The summed E-state index contributed by atoms with van der Waals surface area (Å²) in [7, 11) is 0. The number of allylic oxidation sites excluding steroid dienone is 2. The summed E-state index contributed by atoms with van der Waals surface area (Å²) in [4.78, 5) is 19.0. The molecule has 0 amide bonds. The maximum atomic E-state index is 15.3. The van der Waals surface area contributed by atoms with Crippen LogP contribution in [0.15, 0.2) is 70.8 Å². The highest BCUT2D eigenvalue weighted by molar-refractivity contribution is 6.32. The number of benzene rings is 2. The Morgan fingerprint density at radius 2 is 2.05 bits per heavy atom. The Hall–Kier alpha value is -4.38. The molecule has 188 valence electrons. The molecule has 10 nitrogen and oxygen atoms in total. The number of hydrogen-bond acceptors (Lipinski definition) is 10. The first-order valence-corrected chi connectivity index (χ1v) is 11.9. The molecule has 37 heavy (non-hydrogen) atoms. The summed E-state index contributed by atoms with van der Waals surface area (Å²) in [6.45, 7) is 5.10. The van der Waals surface area contributed by atoms with E-state index < -0.39 is 5.82 Å². The van der Waals surface area contributed by atoms with Gasteiger partial charge < -0.3 is 20.2 Å². The van der Waals surface area contributed by atoms with Crippen LogP contribution >= 0.6 is 11.6 Å². The molecule has 3 aliphatic heterocycles. The van der Waals surface area contributed by atoms with Gasteiger partial charge in [-0.25, -0.2) is 24.4 Å². The third-order valence-corrected chi connectivity index (χ3v) is 6.15. The molecule has 0 bridgehead atoms. The lowest BCUT2D eigenvalue weighted by Gasteiger charge is -2.23. The molecule has 3 aromatic rings. The molecule has 0 unspecified atom stereocenters. The largest absolute Gasteiger partial charge is 0.462 e. The zero-order chi connectivity index (χ0) is 25.6. The lowest BCUT2D eigenvalue weighted by atomic mass is 10.1. The average molecular weight is 521 g/mol. The van der Waals surface area contributed by atoms with Crippen LogP contribution < -0.4 is 15.5 Å². The number of hydrazone groups is 1. The molecule has 3 aliphatic rings. The van der Waals surface area contributed by atoms with Gasteiger partial charge in [0.1, 0.15) is 23.8 Å². The van der Waals surface area contributed by atoms with E-state index in [1.54, 1.807) is 11.1 Å². The van der Waals surface area contributed by atoms with Gasteiger partial charge in [0.2, 0.25) is 0 Å². The van der Waals surface area contributed by atoms with Gasteiger partial charge in [-0.15, -0.1) is 5.06 Å². The Kier molecular flexibility index (Phi) is 5.56. The molecule has 2 N–H and O–H groups in total. The minimum absolute atomic E-state index is 0.137. The molecule has 0 spiro atoms. The van der Waals surface area contributed by atoms with E-state index in [-0.39, 0.29) is 22.0 Å². The highest BCUT2D eigenvalue weighted by atomic mass is 35.5. The molecule has 0 saturated heterocycles. The zero-order valence-corrected chi connectivity index (χ0v) is 20.7. The number of hydroxylamine groups is 2. The van der Waals surface area contributed by atoms with E-state index in [1.807, 2.05) is 50.3 Å². The quantitative estimate of drug-likeness (QED) is 0.484. The highest BCUT2D eigenvalue weighted by Crippen LogP contribution is 2.36. The number of fused-ring (bicyclic) bond motifs is 2. The summed E-state index contributed by atoms with van der Waals surface area (Å²) < 4.78 is 20.9. The number of aliphatic imine (C=N–C) groups is 1. The molecule has 0 atom stereocenters. The van der Waals surface area contributed by atoms with Crippen LogP contribution in [0.3, 0.4) is 0 Å². The molecular weight excluding hydrogens is 499 g/mol. The number of rotatable bonds is 5. The normalized spacial score (nSPS) is 17.4. The van der Waals surface area contributed by atoms with Crippen LogP contribution in [0.4, 0.5) is 21.6 Å². The maximum Gasteiger partial charge on any atom is 0.289 e. The first-order chi connectivity index (χ1) is 17.9. The van der Waals surface area contributed by atoms with Crippen molar-refractivity contribution < 1.29 is 14.0 Å². The monoisotopic (exact) mass is 520 g/mol. The molecule has 4 heterocycles. The van der Waals surface area contributed by atoms with E-state index in [1.165, 1.54) is 23.8 Å². The average Bonchev–Trinajstić information content (AvgIpc) is 3.46. The van der Waals surface area contributed by atoms with Crippen LogP contribution in [0.1, 0.15) is 13.8 Å². The minimum atomic E-state index is -0.679. The van der Waals surface area contributed by atoms with E-state index >= 15 is 4.39 Å². The topological polar surface area (TPSA) is 99.5 Å². The Balaban J connectivity index is 1.25. The van der Waals surface area contributed by atoms with Gasteiger partial charge in [0.15, 0.2) is 23.7 Å². The van der Waals surface area contributed by atoms with Gasteiger partial charge in [-0.05, 0) is 50.3 Å². The first kappa shape index (κ1) is 23.0. The summed E-state index contributed by atoms with van der Waals surface area (Å²) in [6, 6.07) is 9.10. The Bertz CT molecular complexity index is 1520. The minimum Gasteiger partial charge on any atom is -0.462 e. The fourth-order valence-electron chi connectivity index (χ4n) is 3.96. The van der Waals surface area contributed by atoms with Crippen molar-refractivity contribution in [3.05, 3.63) is 71.5 Å². The van der Waals surface area contributed by atoms with Crippen LogP contribution in [0.2, 0.25) is 5.02 Å². The predicted octanol–water partition coefficient (Wildman–Crippen LogP) is 5.01. The number of anilines is 3. The molecule has 6 rings (SSSR count). The molecular formula is C25H22ClFN8O2. The Morgan fingerprint density at radius 1 is 1.16 bits per heavy atom. The van der Waals surface area contributed by atoms with Crippen molar-refractivity contribution in [1.29, 1.82) is 0 Å². The van der Waals surface area contributed by atoms with Gasteiger partial charge in [0.25, 0.3) is 6.02 Å². The number of amidine groups is 1. The first-order valence-electron chi connectivity index (χ1n) is 11.5. The third-order valence-electron chi connectivity index (χ3n) is 5.80. The number of hydrogen-bond donors (Lipinski definition) is 2. The summed E-state index contributed by atoms with van der Waals surface area (Å²) in [5.41, 5.74) is 1.26. The van der Waals surface area contributed by atoms with Crippen molar-refractivity contribution in [1.82, 2.24) is 20.0 Å². The van der Waals surface area contributed by atoms with E-state index in [9.17, 15) is 0 Å². The van der Waals surface area contributed by atoms with Crippen LogP contribution in [0.5, 0.6) is 5.75 Å². The SMILES string of the molecule is CC1(C)COC(Nc2ccc3ncnc(Nc4ccc(ON5C=NN6CC=CC=C65)c(Cl)c4F)c3c2)=N1. The predicted molar refractivity (Wildman–Crippen MR) is 140 cm³/mol. The summed E-state index contributed by atoms with van der Waals surface area (Å²) in [5, 5.41) is 14.1. The second-order valence-corrected chi connectivity index (χ2v) is 9.52. The second-order valence-electron chi connectivity index (χ2n) is 9.14. The van der Waals surface area contributed by atoms with E-state index in [2.05, 4.69) is 30.7 Å². The van der Waals surface area contributed by atoms with Crippen LogP contribution in [0, 0.1) is 5.82 Å². The number of ether oxygens (including phenoxy) is 1. The summed E-state index contributed by atoms with van der Waals surface area (Å²) in [5.74, 6) is 0.582. The van der Waals surface area contributed by atoms with Crippen LogP contribution in [0.25, 0.3) is 10.9 Å². The molecule has 1 aromatic heterocycles. The Morgan fingerprint density at radius 3 is 2.89 bits per heavy atom. The smallest absolute Gasteiger partial charge is 0.289 e. The van der Waals surface area contributed by atoms with Crippen molar-refractivity contribution in [3.63, 3.8) is 0 Å². The van der Waals surface area contributed by atoms with Gasteiger partial charge in [0.05, 0.1) is 23.3 Å². The standard InChI is InChI=1S/C25H22ClFN8O2/c1-25(2)12-36-24(33-25)31-15-6-7-17-16(11-15)23(29-13-28-17)32-18-8-9-19(21(26)22(18)27)37-35-14-30-34-10-4-3-5-20(34)35/h3-9,11,13-14H,10,12H2,1-2H3,(H,31,33)(H,28,29,32). The molecule has 12 heteroatoms. The highest BCUT2D eigenvalue weighted by Gasteiger charge is 2.27. The lowest BCUT2D eigenvalue weighted by molar-refractivity contribution is 0.0456. The van der Waals surface area contributed by atoms with Gasteiger partial charge >= 0.3 is 0 Å².